The van der Waals surface area contributed by atoms with Crippen LogP contribution in [0.5, 0.6) is 0 Å². The largest absolute Gasteiger partial charge is 0.461 e. The molecule has 0 radical (unpaired) electrons. The summed E-state index contributed by atoms with van der Waals surface area (Å²) in [4.78, 5) is 16.7. The van der Waals surface area contributed by atoms with Crippen molar-refractivity contribution in [1.29, 1.82) is 0 Å². The molecule has 0 fully saturated rings. The SMILES string of the molecule is CCOC(=O)c1nc(NC(C)CCS(C)=O)sc1C. The predicted octanol–water partition coefficient (Wildman–Crippen LogP) is 2.20. The quantitative estimate of drug-likeness (QED) is 0.782. The first-order valence-corrected chi connectivity index (χ1v) is 8.69. The van der Waals surface area contributed by atoms with E-state index in [9.17, 15) is 9.00 Å². The molecule has 0 aliphatic carbocycles. The van der Waals surface area contributed by atoms with Crippen molar-refractivity contribution in [2.24, 2.45) is 0 Å². The van der Waals surface area contributed by atoms with E-state index in [0.717, 1.165) is 11.3 Å². The van der Waals surface area contributed by atoms with Crippen molar-refractivity contribution in [1.82, 2.24) is 4.98 Å². The second-order valence-electron chi connectivity index (χ2n) is 4.26. The van der Waals surface area contributed by atoms with Gasteiger partial charge in [-0.1, -0.05) is 0 Å². The number of aryl methyl sites for hydroxylation is 1. The lowest BCUT2D eigenvalue weighted by Crippen LogP contribution is -2.18. The second kappa shape index (κ2) is 7.59. The number of ether oxygens (including phenoxy) is 1. The molecule has 5 nitrogen and oxygen atoms in total. The molecular formula is C12H20N2O3S2. The van der Waals surface area contributed by atoms with Crippen molar-refractivity contribution in [3.8, 4) is 0 Å². The van der Waals surface area contributed by atoms with Crippen molar-refractivity contribution in [3.63, 3.8) is 0 Å². The molecule has 1 heterocycles. The third-order valence-electron chi connectivity index (χ3n) is 2.47. The summed E-state index contributed by atoms with van der Waals surface area (Å²) in [5, 5.41) is 3.92. The fraction of sp³-hybridized carbons (Fsp3) is 0.667. The highest BCUT2D eigenvalue weighted by atomic mass is 32.2. The van der Waals surface area contributed by atoms with Crippen LogP contribution in [0, 0.1) is 6.92 Å². The zero-order valence-electron chi connectivity index (χ0n) is 11.7. The fourth-order valence-electron chi connectivity index (χ4n) is 1.47. The average Bonchev–Trinajstić information content (AvgIpc) is 2.68. The molecule has 0 aliphatic heterocycles. The van der Waals surface area contributed by atoms with Crippen LogP contribution in [0.4, 0.5) is 5.13 Å². The van der Waals surface area contributed by atoms with E-state index in [1.54, 1.807) is 13.2 Å². The summed E-state index contributed by atoms with van der Waals surface area (Å²) in [6.07, 6.45) is 2.50. The summed E-state index contributed by atoms with van der Waals surface area (Å²) in [5.74, 6) is 0.273. The first kappa shape index (κ1) is 16.1. The van der Waals surface area contributed by atoms with Crippen LogP contribution in [0.3, 0.4) is 0 Å². The Morgan fingerprint density at radius 2 is 2.26 bits per heavy atom. The van der Waals surface area contributed by atoms with Gasteiger partial charge in [0.1, 0.15) is 0 Å². The standard InChI is InChI=1S/C12H20N2O3S2/c1-5-17-11(15)10-9(3)18-12(14-10)13-8(2)6-7-19(4)16/h8H,5-7H2,1-4H3,(H,13,14). The molecule has 2 unspecified atom stereocenters. The molecule has 1 N–H and O–H groups in total. The topological polar surface area (TPSA) is 68.3 Å². The van der Waals surface area contributed by atoms with E-state index in [2.05, 4.69) is 10.3 Å². The molecule has 1 rings (SSSR count). The molecule has 1 aromatic heterocycles. The normalized spacial score (nSPS) is 13.9. The number of aromatic nitrogens is 1. The molecule has 0 spiro atoms. The van der Waals surface area contributed by atoms with Gasteiger partial charge in [-0.05, 0) is 27.2 Å². The number of carbonyl (C=O) groups is 1. The highest BCUT2D eigenvalue weighted by Gasteiger charge is 2.17. The summed E-state index contributed by atoms with van der Waals surface area (Å²) in [5.41, 5.74) is 0.376. The summed E-state index contributed by atoms with van der Waals surface area (Å²) < 4.78 is 16.0. The molecular weight excluding hydrogens is 284 g/mol. The number of esters is 1. The number of nitrogens with zero attached hydrogens (tertiary/aromatic N) is 1. The number of carbonyl (C=O) groups excluding carboxylic acids is 1. The van der Waals surface area contributed by atoms with Crippen molar-refractivity contribution < 1.29 is 13.7 Å². The molecule has 19 heavy (non-hydrogen) atoms. The van der Waals surface area contributed by atoms with Gasteiger partial charge >= 0.3 is 5.97 Å². The van der Waals surface area contributed by atoms with Crippen LogP contribution < -0.4 is 5.32 Å². The van der Waals surface area contributed by atoms with Crippen molar-refractivity contribution >= 4 is 33.2 Å². The van der Waals surface area contributed by atoms with E-state index >= 15 is 0 Å². The Hall–Kier alpha value is -0.950. The first-order chi connectivity index (χ1) is 8.93. The van der Waals surface area contributed by atoms with Crippen LogP contribution in [0.2, 0.25) is 0 Å². The number of anilines is 1. The molecule has 0 aromatic carbocycles. The minimum Gasteiger partial charge on any atom is -0.461 e. The Morgan fingerprint density at radius 3 is 2.84 bits per heavy atom. The second-order valence-corrected chi connectivity index (χ2v) is 7.01. The number of hydrogen-bond acceptors (Lipinski definition) is 6. The highest BCUT2D eigenvalue weighted by molar-refractivity contribution is 7.84. The molecule has 2 atom stereocenters. The van der Waals surface area contributed by atoms with Crippen LogP contribution in [0.25, 0.3) is 0 Å². The zero-order chi connectivity index (χ0) is 14.4. The lowest BCUT2D eigenvalue weighted by Gasteiger charge is -2.11. The Morgan fingerprint density at radius 1 is 1.58 bits per heavy atom. The maximum atomic E-state index is 11.6. The Balaban J connectivity index is 2.62. The van der Waals surface area contributed by atoms with E-state index in [-0.39, 0.29) is 12.0 Å². The van der Waals surface area contributed by atoms with Gasteiger partial charge in [0.15, 0.2) is 10.8 Å². The van der Waals surface area contributed by atoms with E-state index in [4.69, 9.17) is 4.74 Å². The van der Waals surface area contributed by atoms with Gasteiger partial charge < -0.3 is 10.1 Å². The predicted molar refractivity (Wildman–Crippen MR) is 79.4 cm³/mol. The average molecular weight is 304 g/mol. The molecule has 7 heteroatoms. The van der Waals surface area contributed by atoms with Crippen LogP contribution in [0.15, 0.2) is 0 Å². The van der Waals surface area contributed by atoms with E-state index in [0.29, 0.717) is 23.2 Å². The van der Waals surface area contributed by atoms with Gasteiger partial charge in [0.25, 0.3) is 0 Å². The Labute approximate surface area is 120 Å². The van der Waals surface area contributed by atoms with Crippen molar-refractivity contribution in [3.05, 3.63) is 10.6 Å². The molecule has 0 saturated heterocycles. The smallest absolute Gasteiger partial charge is 0.358 e. The first-order valence-electron chi connectivity index (χ1n) is 6.15. The third-order valence-corrected chi connectivity index (χ3v) is 4.19. The van der Waals surface area contributed by atoms with Crippen LogP contribution in [-0.2, 0) is 15.5 Å². The summed E-state index contributed by atoms with van der Waals surface area (Å²) in [6.45, 7) is 5.97. The molecule has 0 amide bonds. The lowest BCUT2D eigenvalue weighted by molar-refractivity contribution is 0.0519. The van der Waals surface area contributed by atoms with Gasteiger partial charge in [-0.3, -0.25) is 4.21 Å². The van der Waals surface area contributed by atoms with Gasteiger partial charge in [-0.25, -0.2) is 9.78 Å². The minimum absolute atomic E-state index is 0.171. The molecule has 0 bridgehead atoms. The van der Waals surface area contributed by atoms with Gasteiger partial charge in [0.2, 0.25) is 0 Å². The van der Waals surface area contributed by atoms with E-state index in [1.807, 2.05) is 13.8 Å². The number of hydrogen-bond donors (Lipinski definition) is 1. The van der Waals surface area contributed by atoms with Crippen LogP contribution in [0.1, 0.15) is 35.6 Å². The highest BCUT2D eigenvalue weighted by Crippen LogP contribution is 2.23. The summed E-state index contributed by atoms with van der Waals surface area (Å²) >= 11 is 1.43. The summed E-state index contributed by atoms with van der Waals surface area (Å²) in [6, 6.07) is 0.171. The third kappa shape index (κ3) is 5.28. The van der Waals surface area contributed by atoms with Gasteiger partial charge in [-0.15, -0.1) is 11.3 Å². The lowest BCUT2D eigenvalue weighted by atomic mass is 10.3. The van der Waals surface area contributed by atoms with E-state index in [1.165, 1.54) is 11.3 Å². The van der Waals surface area contributed by atoms with Crippen molar-refractivity contribution in [2.45, 2.75) is 33.2 Å². The number of nitrogens with one attached hydrogen (secondary N) is 1. The number of thiazole rings is 1. The molecule has 108 valence electrons. The molecule has 1 aromatic rings. The number of rotatable bonds is 7. The zero-order valence-corrected chi connectivity index (χ0v) is 13.3. The minimum atomic E-state index is -0.784. The molecule has 0 aliphatic rings. The van der Waals surface area contributed by atoms with E-state index < -0.39 is 10.8 Å². The fourth-order valence-corrected chi connectivity index (χ4v) is 3.07. The Kier molecular flexibility index (Phi) is 6.44. The van der Waals surface area contributed by atoms with Crippen molar-refractivity contribution in [2.75, 3.05) is 23.9 Å². The Bertz CT molecular complexity index is 460. The summed E-state index contributed by atoms with van der Waals surface area (Å²) in [7, 11) is -0.784. The van der Waals surface area contributed by atoms with Crippen LogP contribution >= 0.6 is 11.3 Å². The van der Waals surface area contributed by atoms with Gasteiger partial charge in [0, 0.05) is 33.7 Å². The maximum Gasteiger partial charge on any atom is 0.358 e. The van der Waals surface area contributed by atoms with Gasteiger partial charge in [-0.2, -0.15) is 0 Å². The van der Waals surface area contributed by atoms with Crippen LogP contribution in [-0.4, -0.2) is 39.8 Å². The van der Waals surface area contributed by atoms with Gasteiger partial charge in [0.05, 0.1) is 6.61 Å². The monoisotopic (exact) mass is 304 g/mol. The maximum absolute atomic E-state index is 11.6. The molecule has 0 saturated carbocycles.